The van der Waals surface area contributed by atoms with Crippen molar-refractivity contribution in [3.63, 3.8) is 0 Å². The van der Waals surface area contributed by atoms with E-state index in [4.69, 9.17) is 23.2 Å². The summed E-state index contributed by atoms with van der Waals surface area (Å²) in [6, 6.07) is 1.51. The van der Waals surface area contributed by atoms with Crippen LogP contribution in [0.15, 0.2) is 21.1 Å². The largest absolute Gasteiger partial charge is 0.274 e. The molecule has 0 amide bonds. The van der Waals surface area contributed by atoms with E-state index in [9.17, 15) is 8.42 Å². The minimum atomic E-state index is -3.79. The molecular formula is C9H6BrCl2N3O2S2. The Bertz CT molecular complexity index is 713. The number of aromatic nitrogens is 2. The lowest BCUT2D eigenvalue weighted by molar-refractivity contribution is 0.601. The Morgan fingerprint density at radius 2 is 1.89 bits per heavy atom. The summed E-state index contributed by atoms with van der Waals surface area (Å²) in [5, 5.41) is -0.119. The molecule has 2 rings (SSSR count). The van der Waals surface area contributed by atoms with Gasteiger partial charge < -0.3 is 0 Å². The molecule has 0 aliphatic rings. The normalized spacial score (nSPS) is 11.6. The van der Waals surface area contributed by atoms with Gasteiger partial charge in [0.1, 0.15) is 16.9 Å². The summed E-state index contributed by atoms with van der Waals surface area (Å²) in [5.41, 5.74) is -0.0347. The molecule has 2 aromatic heterocycles. The van der Waals surface area contributed by atoms with Gasteiger partial charge in [-0.25, -0.2) is 18.4 Å². The van der Waals surface area contributed by atoms with Gasteiger partial charge in [-0.1, -0.05) is 23.2 Å². The molecule has 1 N–H and O–H groups in total. The number of hydrogen-bond donors (Lipinski definition) is 1. The average molecular weight is 403 g/mol. The van der Waals surface area contributed by atoms with Crippen LogP contribution in [0.25, 0.3) is 0 Å². The van der Waals surface area contributed by atoms with Crippen LogP contribution >= 0.6 is 50.5 Å². The van der Waals surface area contributed by atoms with Crippen LogP contribution in [-0.2, 0) is 10.0 Å². The lowest BCUT2D eigenvalue weighted by atomic mass is 10.5. The van der Waals surface area contributed by atoms with Crippen LogP contribution in [0.4, 0.5) is 5.69 Å². The van der Waals surface area contributed by atoms with Gasteiger partial charge in [-0.2, -0.15) is 0 Å². The van der Waals surface area contributed by atoms with Crippen LogP contribution in [0.5, 0.6) is 0 Å². The van der Waals surface area contributed by atoms with E-state index in [2.05, 4.69) is 30.6 Å². The molecule has 0 spiro atoms. The SMILES string of the molecule is Cc1sc(Br)cc1S(=O)(=O)Nc1c(Cl)ncnc1Cl. The Hall–Kier alpha value is -0.410. The number of halogens is 3. The predicted molar refractivity (Wildman–Crippen MR) is 79.6 cm³/mol. The zero-order valence-corrected chi connectivity index (χ0v) is 14.0. The molecule has 0 atom stereocenters. The van der Waals surface area contributed by atoms with Gasteiger partial charge in [-0.05, 0) is 28.9 Å². The summed E-state index contributed by atoms with van der Waals surface area (Å²) >= 11 is 16.2. The van der Waals surface area contributed by atoms with Gasteiger partial charge in [0.2, 0.25) is 0 Å². The molecule has 0 saturated heterocycles. The monoisotopic (exact) mass is 401 g/mol. The quantitative estimate of drug-likeness (QED) is 0.794. The van der Waals surface area contributed by atoms with E-state index < -0.39 is 10.0 Å². The maximum absolute atomic E-state index is 12.2. The molecule has 2 heterocycles. The lowest BCUT2D eigenvalue weighted by Gasteiger charge is -2.09. The van der Waals surface area contributed by atoms with Crippen molar-refractivity contribution in [3.8, 4) is 0 Å². The Kier molecular flexibility index (Phi) is 4.36. The van der Waals surface area contributed by atoms with Crippen LogP contribution in [-0.4, -0.2) is 18.4 Å². The fourth-order valence-electron chi connectivity index (χ4n) is 1.32. The Labute approximate surface area is 132 Å². The van der Waals surface area contributed by atoms with E-state index in [-0.39, 0.29) is 20.9 Å². The fraction of sp³-hybridized carbons (Fsp3) is 0.111. The molecule has 0 bridgehead atoms. The summed E-state index contributed by atoms with van der Waals surface area (Å²) in [6.45, 7) is 1.70. The van der Waals surface area contributed by atoms with Gasteiger partial charge in [0, 0.05) is 4.88 Å². The topological polar surface area (TPSA) is 72.0 Å². The van der Waals surface area contributed by atoms with Crippen LogP contribution in [0.1, 0.15) is 4.88 Å². The zero-order valence-electron chi connectivity index (χ0n) is 9.32. The molecule has 0 aliphatic carbocycles. The molecule has 2 aromatic rings. The van der Waals surface area contributed by atoms with E-state index in [1.165, 1.54) is 17.4 Å². The molecule has 0 radical (unpaired) electrons. The van der Waals surface area contributed by atoms with E-state index >= 15 is 0 Å². The van der Waals surface area contributed by atoms with Crippen LogP contribution in [0.3, 0.4) is 0 Å². The minimum absolute atomic E-state index is 0.0347. The number of nitrogens with zero attached hydrogens (tertiary/aromatic N) is 2. The minimum Gasteiger partial charge on any atom is -0.274 e. The van der Waals surface area contributed by atoms with Gasteiger partial charge in [-0.3, -0.25) is 4.72 Å². The van der Waals surface area contributed by atoms with Gasteiger partial charge >= 0.3 is 0 Å². The second-order valence-electron chi connectivity index (χ2n) is 3.41. The molecule has 0 unspecified atom stereocenters. The fourth-order valence-corrected chi connectivity index (χ4v) is 5.33. The maximum Gasteiger partial charge on any atom is 0.263 e. The first-order valence-corrected chi connectivity index (χ1v) is 8.61. The molecule has 0 fully saturated rings. The first kappa shape index (κ1) is 15.0. The highest BCUT2D eigenvalue weighted by Crippen LogP contribution is 2.33. The Morgan fingerprint density at radius 1 is 1.32 bits per heavy atom. The highest BCUT2D eigenvalue weighted by atomic mass is 79.9. The van der Waals surface area contributed by atoms with Crippen molar-refractivity contribution >= 4 is 66.2 Å². The molecule has 0 saturated carbocycles. The maximum atomic E-state index is 12.2. The van der Waals surface area contributed by atoms with Gasteiger partial charge in [-0.15, -0.1) is 11.3 Å². The van der Waals surface area contributed by atoms with Crippen molar-refractivity contribution in [3.05, 3.63) is 31.4 Å². The Balaban J connectivity index is 2.45. The third-order valence-corrected chi connectivity index (χ3v) is 5.85. The van der Waals surface area contributed by atoms with Crippen molar-refractivity contribution in [2.24, 2.45) is 0 Å². The molecule has 10 heteroatoms. The highest BCUT2D eigenvalue weighted by Gasteiger charge is 2.22. The summed E-state index contributed by atoms with van der Waals surface area (Å²) in [5.74, 6) is 0. The van der Waals surface area contributed by atoms with Crippen molar-refractivity contribution in [2.75, 3.05) is 4.72 Å². The van der Waals surface area contributed by atoms with Crippen molar-refractivity contribution in [1.29, 1.82) is 0 Å². The lowest BCUT2D eigenvalue weighted by Crippen LogP contribution is -2.14. The number of rotatable bonds is 3. The molecule has 5 nitrogen and oxygen atoms in total. The second kappa shape index (κ2) is 5.53. The smallest absolute Gasteiger partial charge is 0.263 e. The second-order valence-corrected chi connectivity index (χ2v) is 8.41. The highest BCUT2D eigenvalue weighted by molar-refractivity contribution is 9.11. The number of nitrogens with one attached hydrogen (secondary N) is 1. The third kappa shape index (κ3) is 3.19. The van der Waals surface area contributed by atoms with Crippen LogP contribution < -0.4 is 4.72 Å². The molecule has 102 valence electrons. The van der Waals surface area contributed by atoms with E-state index in [1.807, 2.05) is 0 Å². The summed E-state index contributed by atoms with van der Waals surface area (Å²) in [6.07, 6.45) is 1.15. The van der Waals surface area contributed by atoms with E-state index in [0.717, 1.165) is 6.33 Å². The number of thiophene rings is 1. The Morgan fingerprint density at radius 3 is 2.37 bits per heavy atom. The van der Waals surface area contributed by atoms with E-state index in [0.29, 0.717) is 8.66 Å². The van der Waals surface area contributed by atoms with Crippen molar-refractivity contribution in [1.82, 2.24) is 9.97 Å². The molecule has 0 aromatic carbocycles. The van der Waals surface area contributed by atoms with Crippen LogP contribution in [0, 0.1) is 6.92 Å². The zero-order chi connectivity index (χ0) is 14.2. The van der Waals surface area contributed by atoms with E-state index in [1.54, 1.807) is 6.92 Å². The van der Waals surface area contributed by atoms with Crippen molar-refractivity contribution in [2.45, 2.75) is 11.8 Å². The third-order valence-electron chi connectivity index (χ3n) is 2.12. The molecule has 19 heavy (non-hydrogen) atoms. The van der Waals surface area contributed by atoms with Crippen molar-refractivity contribution < 1.29 is 8.42 Å². The number of sulfonamides is 1. The summed E-state index contributed by atoms with van der Waals surface area (Å²) in [7, 11) is -3.79. The van der Waals surface area contributed by atoms with Gasteiger partial charge in [0.25, 0.3) is 10.0 Å². The number of aryl methyl sites for hydroxylation is 1. The van der Waals surface area contributed by atoms with Gasteiger partial charge in [0.15, 0.2) is 10.3 Å². The summed E-state index contributed by atoms with van der Waals surface area (Å²) in [4.78, 5) is 8.16. The van der Waals surface area contributed by atoms with Crippen LogP contribution in [0.2, 0.25) is 10.3 Å². The molecular weight excluding hydrogens is 397 g/mol. The first-order valence-electron chi connectivity index (χ1n) is 4.76. The first-order chi connectivity index (χ1) is 8.81. The standard InChI is InChI=1S/C9H6BrCl2N3O2S2/c1-4-5(2-6(10)18-4)19(16,17)15-7-8(11)13-3-14-9(7)12/h2-3,15H,1H3. The summed E-state index contributed by atoms with van der Waals surface area (Å²) < 4.78 is 27.5. The average Bonchev–Trinajstić information content (AvgIpc) is 2.64. The number of anilines is 1. The number of hydrogen-bond acceptors (Lipinski definition) is 5. The predicted octanol–water partition coefficient (Wildman–Crippen LogP) is 3.72. The van der Waals surface area contributed by atoms with Gasteiger partial charge in [0.05, 0.1) is 3.79 Å². The molecule has 0 aliphatic heterocycles.